The van der Waals surface area contributed by atoms with Crippen molar-refractivity contribution in [1.29, 1.82) is 0 Å². The minimum absolute atomic E-state index is 0.408. The molecule has 3 N–H and O–H groups in total. The average Bonchev–Trinajstić information content (AvgIpc) is 2.82. The van der Waals surface area contributed by atoms with Crippen molar-refractivity contribution in [2.45, 2.75) is 45.6 Å². The third-order valence-corrected chi connectivity index (χ3v) is 4.01. The number of aromatic nitrogens is 2. The number of fused-ring (bicyclic) bond motifs is 1. The molecule has 0 spiro atoms. The summed E-state index contributed by atoms with van der Waals surface area (Å²) in [6.07, 6.45) is 4.93. The summed E-state index contributed by atoms with van der Waals surface area (Å²) in [6.45, 7) is 4.66. The first-order valence-electron chi connectivity index (χ1n) is 6.82. The van der Waals surface area contributed by atoms with E-state index >= 15 is 0 Å². The Balaban J connectivity index is 1.85. The van der Waals surface area contributed by atoms with Gasteiger partial charge >= 0.3 is 0 Å². The Morgan fingerprint density at radius 2 is 2.11 bits per heavy atom. The number of anilines is 2. The highest BCUT2D eigenvalue weighted by Crippen LogP contribution is 2.37. The normalized spacial score (nSPS) is 22.5. The van der Waals surface area contributed by atoms with Crippen LogP contribution < -0.4 is 11.1 Å². The van der Waals surface area contributed by atoms with E-state index in [1.165, 1.54) is 25.7 Å². The molecule has 1 unspecified atom stereocenters. The fourth-order valence-electron chi connectivity index (χ4n) is 3.04. The van der Waals surface area contributed by atoms with Crippen molar-refractivity contribution in [2.24, 2.45) is 5.41 Å². The van der Waals surface area contributed by atoms with Crippen molar-refractivity contribution < 1.29 is 4.63 Å². The van der Waals surface area contributed by atoms with E-state index in [0.717, 1.165) is 11.2 Å². The molecule has 0 aliphatic heterocycles. The molecule has 5 heteroatoms. The van der Waals surface area contributed by atoms with Crippen molar-refractivity contribution in [2.75, 3.05) is 11.1 Å². The van der Waals surface area contributed by atoms with Crippen LogP contribution in [0, 0.1) is 5.41 Å². The lowest BCUT2D eigenvalue weighted by molar-refractivity contribution is 0.229. The van der Waals surface area contributed by atoms with Crippen LogP contribution in [0.2, 0.25) is 0 Å². The van der Waals surface area contributed by atoms with Gasteiger partial charge in [0.25, 0.3) is 0 Å². The van der Waals surface area contributed by atoms with Crippen LogP contribution in [0.5, 0.6) is 0 Å². The van der Waals surface area contributed by atoms with Gasteiger partial charge in [-0.1, -0.05) is 20.3 Å². The molecule has 0 bridgehead atoms. The van der Waals surface area contributed by atoms with E-state index in [1.807, 2.05) is 12.1 Å². The predicted octanol–water partition coefficient (Wildman–Crippen LogP) is 3.19. The first-order valence-corrected chi connectivity index (χ1v) is 6.82. The summed E-state index contributed by atoms with van der Waals surface area (Å²) in [5.74, 6) is 0. The van der Waals surface area contributed by atoms with E-state index in [4.69, 9.17) is 10.4 Å². The zero-order chi connectivity index (χ0) is 13.5. The maximum Gasteiger partial charge on any atom is 0.160 e. The van der Waals surface area contributed by atoms with Gasteiger partial charge in [0.1, 0.15) is 0 Å². The molecule has 19 heavy (non-hydrogen) atoms. The quantitative estimate of drug-likeness (QED) is 0.811. The monoisotopic (exact) mass is 260 g/mol. The van der Waals surface area contributed by atoms with Crippen LogP contribution >= 0.6 is 0 Å². The lowest BCUT2D eigenvalue weighted by Gasteiger charge is -2.36. The molecule has 5 nitrogen and oxygen atoms in total. The van der Waals surface area contributed by atoms with Crippen molar-refractivity contribution in [3.8, 4) is 0 Å². The molecule has 1 aromatic carbocycles. The lowest BCUT2D eigenvalue weighted by atomic mass is 9.75. The number of rotatable bonds is 2. The van der Waals surface area contributed by atoms with Crippen LogP contribution in [-0.2, 0) is 0 Å². The molecule has 0 amide bonds. The van der Waals surface area contributed by atoms with Crippen molar-refractivity contribution in [3.63, 3.8) is 0 Å². The number of hydrogen-bond acceptors (Lipinski definition) is 5. The number of hydrogen-bond donors (Lipinski definition) is 2. The Labute approximate surface area is 112 Å². The summed E-state index contributed by atoms with van der Waals surface area (Å²) in [4.78, 5) is 0. The Morgan fingerprint density at radius 3 is 2.89 bits per heavy atom. The molecule has 1 aliphatic rings. The maximum atomic E-state index is 5.86. The highest BCUT2D eigenvalue weighted by atomic mass is 16.6. The van der Waals surface area contributed by atoms with Crippen molar-refractivity contribution >= 4 is 22.4 Å². The minimum atomic E-state index is 0.408. The second-order valence-corrected chi connectivity index (χ2v) is 6.27. The van der Waals surface area contributed by atoms with Gasteiger partial charge < -0.3 is 11.1 Å². The van der Waals surface area contributed by atoms with Gasteiger partial charge in [0.15, 0.2) is 11.0 Å². The largest absolute Gasteiger partial charge is 0.397 e. The summed E-state index contributed by atoms with van der Waals surface area (Å²) < 4.78 is 4.80. The fourth-order valence-corrected chi connectivity index (χ4v) is 3.04. The third-order valence-electron chi connectivity index (χ3n) is 4.01. The average molecular weight is 260 g/mol. The molecule has 1 fully saturated rings. The Hall–Kier alpha value is -1.78. The number of nitrogens with zero attached hydrogens (tertiary/aromatic N) is 2. The van der Waals surface area contributed by atoms with Crippen LogP contribution in [-0.4, -0.2) is 16.4 Å². The number of nitrogens with one attached hydrogen (secondary N) is 1. The van der Waals surface area contributed by atoms with Gasteiger partial charge in [-0.3, -0.25) is 0 Å². The molecule has 1 aromatic heterocycles. The lowest BCUT2D eigenvalue weighted by Crippen LogP contribution is -2.31. The molecule has 1 atom stereocenters. The standard InChI is InChI=1S/C14H20N4O/c1-14(2)7-3-4-9(8-14)16-11-6-5-10(15)12-13(11)18-19-17-12/h5-6,9,16H,3-4,7-8,15H2,1-2H3. The van der Waals surface area contributed by atoms with E-state index in [9.17, 15) is 0 Å². The minimum Gasteiger partial charge on any atom is -0.397 e. The van der Waals surface area contributed by atoms with E-state index in [-0.39, 0.29) is 0 Å². The Bertz CT molecular complexity index is 590. The molecule has 1 heterocycles. The zero-order valence-corrected chi connectivity index (χ0v) is 11.4. The van der Waals surface area contributed by atoms with Gasteiger partial charge in [0.2, 0.25) is 0 Å². The smallest absolute Gasteiger partial charge is 0.160 e. The number of nitrogen functional groups attached to an aromatic ring is 1. The number of benzene rings is 1. The molecular weight excluding hydrogens is 240 g/mol. The van der Waals surface area contributed by atoms with Crippen molar-refractivity contribution in [1.82, 2.24) is 10.3 Å². The summed E-state index contributed by atoms with van der Waals surface area (Å²) in [5.41, 5.74) is 9.20. The predicted molar refractivity (Wildman–Crippen MR) is 75.9 cm³/mol. The second-order valence-electron chi connectivity index (χ2n) is 6.27. The summed E-state index contributed by atoms with van der Waals surface area (Å²) >= 11 is 0. The molecule has 102 valence electrons. The Kier molecular flexibility index (Phi) is 2.84. The zero-order valence-electron chi connectivity index (χ0n) is 11.4. The Morgan fingerprint density at radius 1 is 1.32 bits per heavy atom. The van der Waals surface area contributed by atoms with Crippen LogP contribution in [0.4, 0.5) is 11.4 Å². The molecule has 1 saturated carbocycles. The molecule has 2 aromatic rings. The SMILES string of the molecule is CC1(C)CCCC(Nc2ccc(N)c3nonc23)C1. The van der Waals surface area contributed by atoms with Gasteiger partial charge in [-0.2, -0.15) is 0 Å². The van der Waals surface area contributed by atoms with Crippen molar-refractivity contribution in [3.05, 3.63) is 12.1 Å². The van der Waals surface area contributed by atoms with Crippen LogP contribution in [0.15, 0.2) is 16.8 Å². The van der Waals surface area contributed by atoms with Gasteiger partial charge in [-0.15, -0.1) is 0 Å². The maximum absolute atomic E-state index is 5.86. The highest BCUT2D eigenvalue weighted by Gasteiger charge is 2.28. The number of nitrogens with two attached hydrogens (primary N) is 1. The molecule has 0 radical (unpaired) electrons. The van der Waals surface area contributed by atoms with Gasteiger partial charge in [0, 0.05) is 6.04 Å². The van der Waals surface area contributed by atoms with Gasteiger partial charge in [-0.05, 0) is 47.1 Å². The van der Waals surface area contributed by atoms with Gasteiger partial charge in [-0.25, -0.2) is 4.63 Å². The highest BCUT2D eigenvalue weighted by molar-refractivity contribution is 5.95. The first-order chi connectivity index (χ1) is 9.05. The molecule has 0 saturated heterocycles. The molecular formula is C14H20N4O. The molecule has 3 rings (SSSR count). The fraction of sp³-hybridized carbons (Fsp3) is 0.571. The van der Waals surface area contributed by atoms with Crippen LogP contribution in [0.1, 0.15) is 39.5 Å². The van der Waals surface area contributed by atoms with E-state index in [1.54, 1.807) is 0 Å². The van der Waals surface area contributed by atoms with E-state index in [2.05, 4.69) is 29.5 Å². The second kappa shape index (κ2) is 4.40. The summed E-state index contributed by atoms with van der Waals surface area (Å²) in [5, 5.41) is 11.4. The van der Waals surface area contributed by atoms with Crippen LogP contribution in [0.25, 0.3) is 11.0 Å². The van der Waals surface area contributed by atoms with E-state index in [0.29, 0.717) is 22.7 Å². The third kappa shape index (κ3) is 2.37. The first kappa shape index (κ1) is 12.3. The van der Waals surface area contributed by atoms with Crippen LogP contribution in [0.3, 0.4) is 0 Å². The topological polar surface area (TPSA) is 77.0 Å². The van der Waals surface area contributed by atoms with Gasteiger partial charge in [0.05, 0.1) is 11.4 Å². The summed E-state index contributed by atoms with van der Waals surface area (Å²) in [7, 11) is 0. The summed E-state index contributed by atoms with van der Waals surface area (Å²) in [6, 6.07) is 4.29. The molecule has 1 aliphatic carbocycles. The van der Waals surface area contributed by atoms with E-state index < -0.39 is 0 Å².